The summed E-state index contributed by atoms with van der Waals surface area (Å²) in [7, 11) is 0. The van der Waals surface area contributed by atoms with Gasteiger partial charge < -0.3 is 4.57 Å². The van der Waals surface area contributed by atoms with Crippen molar-refractivity contribution >= 4 is 43.5 Å². The molecule has 0 spiro atoms. The number of nitrogens with zero attached hydrogens (tertiary/aromatic N) is 4. The van der Waals surface area contributed by atoms with E-state index in [4.69, 9.17) is 15.0 Å². The Morgan fingerprint density at radius 2 is 0.922 bits per heavy atom. The molecule has 10 aromatic rings. The van der Waals surface area contributed by atoms with Gasteiger partial charge in [0.2, 0.25) is 0 Å². The predicted octanol–water partition coefficient (Wildman–Crippen LogP) is 11.9. The molecule has 4 heteroatoms. The Balaban J connectivity index is 1.21. The van der Waals surface area contributed by atoms with Crippen LogP contribution in [0.25, 0.3) is 94.3 Å². The Morgan fingerprint density at radius 3 is 1.65 bits per heavy atom. The zero-order valence-electron chi connectivity index (χ0n) is 27.6. The molecule has 0 aliphatic rings. The minimum Gasteiger partial charge on any atom is -0.309 e. The fourth-order valence-electron chi connectivity index (χ4n) is 7.42. The molecule has 0 atom stereocenters. The van der Waals surface area contributed by atoms with Crippen molar-refractivity contribution in [3.8, 4) is 50.8 Å². The van der Waals surface area contributed by atoms with Gasteiger partial charge in [0.1, 0.15) is 0 Å². The maximum Gasteiger partial charge on any atom is 0.160 e. The van der Waals surface area contributed by atoms with E-state index in [0.29, 0.717) is 5.82 Å². The summed E-state index contributed by atoms with van der Waals surface area (Å²) in [5.74, 6) is 0.703. The second-order valence-corrected chi connectivity index (χ2v) is 12.8. The molecule has 0 amide bonds. The molecule has 0 unspecified atom stereocenters. The Labute approximate surface area is 295 Å². The lowest BCUT2D eigenvalue weighted by atomic mass is 9.96. The highest BCUT2D eigenvalue weighted by atomic mass is 15.0. The van der Waals surface area contributed by atoms with E-state index in [1.165, 1.54) is 21.7 Å². The van der Waals surface area contributed by atoms with Crippen LogP contribution >= 0.6 is 0 Å². The van der Waals surface area contributed by atoms with Crippen molar-refractivity contribution in [1.82, 2.24) is 19.5 Å². The van der Waals surface area contributed by atoms with Crippen molar-refractivity contribution in [2.75, 3.05) is 0 Å². The molecule has 0 saturated carbocycles. The first kappa shape index (κ1) is 29.0. The maximum absolute atomic E-state index is 5.40. The summed E-state index contributed by atoms with van der Waals surface area (Å²) in [5, 5.41) is 5.89. The Kier molecular flexibility index (Phi) is 6.78. The average molecular weight is 651 g/mol. The number of hydrogen-bond donors (Lipinski definition) is 0. The molecule has 0 radical (unpaired) electrons. The monoisotopic (exact) mass is 650 g/mol. The van der Waals surface area contributed by atoms with E-state index in [0.717, 1.165) is 66.8 Å². The van der Waals surface area contributed by atoms with Crippen LogP contribution in [-0.2, 0) is 0 Å². The third-order valence-electron chi connectivity index (χ3n) is 9.80. The smallest absolute Gasteiger partial charge is 0.160 e. The molecule has 7 aromatic carbocycles. The topological polar surface area (TPSA) is 43.6 Å². The molecule has 10 rings (SSSR count). The first-order valence-electron chi connectivity index (χ1n) is 17.2. The highest BCUT2D eigenvalue weighted by Crippen LogP contribution is 2.42. The Hall–Kier alpha value is -6.91. The summed E-state index contributed by atoms with van der Waals surface area (Å²) < 4.78 is 2.40. The average Bonchev–Trinajstić information content (AvgIpc) is 3.56. The van der Waals surface area contributed by atoms with E-state index < -0.39 is 0 Å². The SMILES string of the molecule is c1ccc(-c2cc(-c3ccc(-c4nc5ccccc5c5ccc6c7ccccc7n(-c7ccccc7)c6c45)cc3)nc(-c3ccccc3)n2)cc1. The minimum absolute atomic E-state index is 0.703. The van der Waals surface area contributed by atoms with Gasteiger partial charge in [-0.2, -0.15) is 0 Å². The van der Waals surface area contributed by atoms with Crippen LogP contribution in [0.4, 0.5) is 0 Å². The fraction of sp³-hybridized carbons (Fsp3) is 0. The maximum atomic E-state index is 5.40. The fourth-order valence-corrected chi connectivity index (χ4v) is 7.42. The van der Waals surface area contributed by atoms with Gasteiger partial charge in [0.25, 0.3) is 0 Å². The quantitative estimate of drug-likeness (QED) is 0.174. The lowest BCUT2D eigenvalue weighted by Crippen LogP contribution is -1.97. The van der Waals surface area contributed by atoms with E-state index in [9.17, 15) is 0 Å². The molecular weight excluding hydrogens is 621 g/mol. The van der Waals surface area contributed by atoms with Gasteiger partial charge in [-0.05, 0) is 35.7 Å². The van der Waals surface area contributed by atoms with Gasteiger partial charge in [-0.1, -0.05) is 152 Å². The Morgan fingerprint density at radius 1 is 0.373 bits per heavy atom. The number of aromatic nitrogens is 4. The number of rotatable bonds is 5. The zero-order chi connectivity index (χ0) is 33.7. The number of pyridine rings is 1. The van der Waals surface area contributed by atoms with Crippen molar-refractivity contribution in [1.29, 1.82) is 0 Å². The van der Waals surface area contributed by atoms with Crippen molar-refractivity contribution < 1.29 is 0 Å². The normalized spacial score (nSPS) is 11.5. The van der Waals surface area contributed by atoms with Crippen LogP contribution in [-0.4, -0.2) is 19.5 Å². The highest BCUT2D eigenvalue weighted by Gasteiger charge is 2.20. The molecule has 3 heterocycles. The molecule has 3 aromatic heterocycles. The largest absolute Gasteiger partial charge is 0.309 e. The summed E-state index contributed by atoms with van der Waals surface area (Å²) in [4.78, 5) is 15.5. The van der Waals surface area contributed by atoms with Gasteiger partial charge in [0, 0.05) is 49.5 Å². The molecule has 0 bridgehead atoms. The second kappa shape index (κ2) is 11.9. The Bertz CT molecular complexity index is 2820. The van der Waals surface area contributed by atoms with Crippen LogP contribution in [0.2, 0.25) is 0 Å². The summed E-state index contributed by atoms with van der Waals surface area (Å²) >= 11 is 0. The summed E-state index contributed by atoms with van der Waals surface area (Å²) in [5.41, 5.74) is 11.3. The van der Waals surface area contributed by atoms with E-state index in [1.807, 2.05) is 36.4 Å². The predicted molar refractivity (Wildman–Crippen MR) is 211 cm³/mol. The number of hydrogen-bond acceptors (Lipinski definition) is 3. The molecule has 0 saturated heterocycles. The number of para-hydroxylation sites is 3. The summed E-state index contributed by atoms with van der Waals surface area (Å²) in [6.45, 7) is 0. The molecular formula is C47H30N4. The third kappa shape index (κ3) is 4.88. The van der Waals surface area contributed by atoms with Gasteiger partial charge in [-0.25, -0.2) is 15.0 Å². The van der Waals surface area contributed by atoms with Gasteiger partial charge in [0.15, 0.2) is 5.82 Å². The van der Waals surface area contributed by atoms with Crippen molar-refractivity contribution in [2.24, 2.45) is 0 Å². The standard InChI is InChI=1S/C47H30N4/c1-4-14-31(15-5-1)41-30-42(50-47(49-41)34-16-6-2-7-17-34)32-24-26-33(27-25-32)45-44-38(36-20-10-12-22-40(36)48-45)28-29-39-37-21-11-13-23-43(37)51(46(39)44)35-18-8-3-9-19-35/h1-30H. The molecule has 0 aliphatic carbocycles. The van der Waals surface area contributed by atoms with Crippen LogP contribution in [0.1, 0.15) is 0 Å². The molecule has 0 N–H and O–H groups in total. The van der Waals surface area contributed by atoms with Crippen molar-refractivity contribution in [2.45, 2.75) is 0 Å². The van der Waals surface area contributed by atoms with Gasteiger partial charge >= 0.3 is 0 Å². The minimum atomic E-state index is 0.703. The lowest BCUT2D eigenvalue weighted by Gasteiger charge is -2.15. The van der Waals surface area contributed by atoms with Crippen LogP contribution in [0, 0.1) is 0 Å². The van der Waals surface area contributed by atoms with E-state index in [2.05, 4.69) is 150 Å². The molecule has 4 nitrogen and oxygen atoms in total. The van der Waals surface area contributed by atoms with E-state index in [-0.39, 0.29) is 0 Å². The van der Waals surface area contributed by atoms with Crippen LogP contribution in [0.5, 0.6) is 0 Å². The van der Waals surface area contributed by atoms with Gasteiger partial charge in [-0.3, -0.25) is 0 Å². The molecule has 238 valence electrons. The molecule has 0 aliphatic heterocycles. The van der Waals surface area contributed by atoms with E-state index in [1.54, 1.807) is 0 Å². The number of fused-ring (bicyclic) bond motifs is 7. The lowest BCUT2D eigenvalue weighted by molar-refractivity contribution is 1.18. The van der Waals surface area contributed by atoms with E-state index >= 15 is 0 Å². The molecule has 0 fully saturated rings. The van der Waals surface area contributed by atoms with Crippen molar-refractivity contribution in [3.05, 3.63) is 182 Å². The third-order valence-corrected chi connectivity index (χ3v) is 9.80. The summed E-state index contributed by atoms with van der Waals surface area (Å²) in [6.07, 6.45) is 0. The first-order chi connectivity index (χ1) is 25.3. The van der Waals surface area contributed by atoms with Crippen LogP contribution in [0.15, 0.2) is 182 Å². The number of benzene rings is 7. The second-order valence-electron chi connectivity index (χ2n) is 12.8. The van der Waals surface area contributed by atoms with Crippen molar-refractivity contribution in [3.63, 3.8) is 0 Å². The van der Waals surface area contributed by atoms with Gasteiger partial charge in [0.05, 0.1) is 33.6 Å². The van der Waals surface area contributed by atoms with Crippen LogP contribution in [0.3, 0.4) is 0 Å². The highest BCUT2D eigenvalue weighted by molar-refractivity contribution is 6.25. The van der Waals surface area contributed by atoms with Crippen LogP contribution < -0.4 is 0 Å². The zero-order valence-corrected chi connectivity index (χ0v) is 27.6. The van der Waals surface area contributed by atoms with Gasteiger partial charge in [-0.15, -0.1) is 0 Å². The summed E-state index contributed by atoms with van der Waals surface area (Å²) in [6, 6.07) is 63.6. The molecule has 51 heavy (non-hydrogen) atoms. The first-order valence-corrected chi connectivity index (χ1v) is 17.2.